The van der Waals surface area contributed by atoms with Gasteiger partial charge in [0.15, 0.2) is 0 Å². The summed E-state index contributed by atoms with van der Waals surface area (Å²) in [6, 6.07) is 7.13. The Balaban J connectivity index is 1.69. The van der Waals surface area contributed by atoms with Gasteiger partial charge < -0.3 is 20.9 Å². The Morgan fingerprint density at radius 1 is 1.36 bits per heavy atom. The van der Waals surface area contributed by atoms with Gasteiger partial charge in [0, 0.05) is 30.9 Å². The topological polar surface area (TPSA) is 61.6 Å². The van der Waals surface area contributed by atoms with Crippen molar-refractivity contribution in [1.29, 1.82) is 0 Å². The van der Waals surface area contributed by atoms with Gasteiger partial charge in [-0.2, -0.15) is 0 Å². The van der Waals surface area contributed by atoms with E-state index in [1.165, 1.54) is 0 Å². The van der Waals surface area contributed by atoms with Crippen LogP contribution in [0.25, 0.3) is 0 Å². The highest BCUT2D eigenvalue weighted by molar-refractivity contribution is 5.94. The van der Waals surface area contributed by atoms with Crippen LogP contribution < -0.4 is 11.1 Å². The fourth-order valence-corrected chi connectivity index (χ4v) is 2.77. The molecular formula is C17H28N4O. The number of carbonyl (C=O) groups excluding carboxylic acids is 1. The van der Waals surface area contributed by atoms with E-state index in [0.717, 1.165) is 45.6 Å². The molecular weight excluding hydrogens is 276 g/mol. The first-order chi connectivity index (χ1) is 10.5. The highest BCUT2D eigenvalue weighted by Crippen LogP contribution is 2.16. The number of piperidine rings is 1. The molecule has 1 aromatic carbocycles. The summed E-state index contributed by atoms with van der Waals surface area (Å²) in [5.74, 6) is 0.558. The van der Waals surface area contributed by atoms with Crippen molar-refractivity contribution < 1.29 is 4.79 Å². The van der Waals surface area contributed by atoms with Crippen molar-refractivity contribution >= 4 is 11.6 Å². The maximum absolute atomic E-state index is 12.1. The van der Waals surface area contributed by atoms with Crippen LogP contribution in [-0.2, 0) is 0 Å². The molecule has 0 bridgehead atoms. The van der Waals surface area contributed by atoms with E-state index in [0.29, 0.717) is 17.2 Å². The Kier molecular flexibility index (Phi) is 6.21. The lowest BCUT2D eigenvalue weighted by molar-refractivity contribution is 0.0935. The summed E-state index contributed by atoms with van der Waals surface area (Å²) in [4.78, 5) is 16.8. The molecule has 0 radical (unpaired) electrons. The van der Waals surface area contributed by atoms with Crippen LogP contribution in [0, 0.1) is 5.92 Å². The molecule has 122 valence electrons. The molecule has 1 aliphatic rings. The molecule has 5 nitrogen and oxygen atoms in total. The van der Waals surface area contributed by atoms with Crippen LogP contribution in [0.15, 0.2) is 24.3 Å². The molecule has 3 N–H and O–H groups in total. The Morgan fingerprint density at radius 2 is 2.09 bits per heavy atom. The predicted octanol–water partition coefficient (Wildman–Crippen LogP) is 1.27. The first-order valence-electron chi connectivity index (χ1n) is 8.05. The van der Waals surface area contributed by atoms with E-state index in [4.69, 9.17) is 5.73 Å². The number of nitrogens with one attached hydrogen (secondary N) is 1. The molecule has 1 heterocycles. The number of carbonyl (C=O) groups is 1. The Hall–Kier alpha value is -1.59. The van der Waals surface area contributed by atoms with Crippen LogP contribution in [0.2, 0.25) is 0 Å². The van der Waals surface area contributed by atoms with E-state index in [1.54, 1.807) is 18.2 Å². The van der Waals surface area contributed by atoms with Crippen LogP contribution in [0.5, 0.6) is 0 Å². The molecule has 0 spiro atoms. The lowest BCUT2D eigenvalue weighted by Gasteiger charge is -2.32. The van der Waals surface area contributed by atoms with Crippen molar-refractivity contribution in [1.82, 2.24) is 15.1 Å². The zero-order chi connectivity index (χ0) is 15.9. The van der Waals surface area contributed by atoms with Gasteiger partial charge in [0.1, 0.15) is 0 Å². The average molecular weight is 304 g/mol. The molecule has 2 rings (SSSR count). The van der Waals surface area contributed by atoms with Crippen LogP contribution in [0.3, 0.4) is 0 Å². The molecule has 1 saturated heterocycles. The number of likely N-dealkylation sites (N-methyl/N-ethyl adjacent to an activating group) is 1. The number of nitrogen functional groups attached to an aromatic ring is 1. The lowest BCUT2D eigenvalue weighted by atomic mass is 9.96. The summed E-state index contributed by atoms with van der Waals surface area (Å²) in [6.45, 7) is 5.26. The molecule has 1 aromatic rings. The second-order valence-corrected chi connectivity index (χ2v) is 6.42. The van der Waals surface area contributed by atoms with Gasteiger partial charge in [0.25, 0.3) is 5.91 Å². The molecule has 5 heteroatoms. The maximum atomic E-state index is 12.1. The Labute approximate surface area is 133 Å². The molecule has 1 amide bonds. The minimum absolute atomic E-state index is 0.0256. The van der Waals surface area contributed by atoms with E-state index in [2.05, 4.69) is 29.2 Å². The molecule has 0 unspecified atom stereocenters. The van der Waals surface area contributed by atoms with Crippen molar-refractivity contribution in [3.05, 3.63) is 29.8 Å². The zero-order valence-corrected chi connectivity index (χ0v) is 13.7. The summed E-state index contributed by atoms with van der Waals surface area (Å²) in [5, 5.41) is 3.04. The van der Waals surface area contributed by atoms with E-state index in [-0.39, 0.29) is 5.91 Å². The summed E-state index contributed by atoms with van der Waals surface area (Å²) in [6.07, 6.45) is 2.31. The van der Waals surface area contributed by atoms with Gasteiger partial charge in [-0.3, -0.25) is 4.79 Å². The van der Waals surface area contributed by atoms with E-state index < -0.39 is 0 Å². The second kappa shape index (κ2) is 8.15. The van der Waals surface area contributed by atoms with Crippen molar-refractivity contribution in [3.63, 3.8) is 0 Å². The highest BCUT2D eigenvalue weighted by Gasteiger charge is 2.19. The molecule has 1 aliphatic heterocycles. The lowest BCUT2D eigenvalue weighted by Crippen LogP contribution is -2.41. The Morgan fingerprint density at radius 3 is 2.73 bits per heavy atom. The van der Waals surface area contributed by atoms with E-state index in [1.807, 2.05) is 6.07 Å². The van der Waals surface area contributed by atoms with Crippen molar-refractivity contribution in [2.45, 2.75) is 12.8 Å². The SMILES string of the molecule is CN(C)CCN1CCC(CNC(=O)c2cccc(N)c2)CC1. The van der Waals surface area contributed by atoms with Crippen LogP contribution >= 0.6 is 0 Å². The number of benzene rings is 1. The standard InChI is InChI=1S/C17H28N4O/c1-20(2)10-11-21-8-6-14(7-9-21)13-19-17(22)15-4-3-5-16(18)12-15/h3-5,12,14H,6-11,13,18H2,1-2H3,(H,19,22). The van der Waals surface area contributed by atoms with Gasteiger partial charge in [-0.25, -0.2) is 0 Å². The number of rotatable bonds is 6. The quantitative estimate of drug-likeness (QED) is 0.777. The molecule has 22 heavy (non-hydrogen) atoms. The van der Waals surface area contributed by atoms with Gasteiger partial charge >= 0.3 is 0 Å². The molecule has 0 aromatic heterocycles. The second-order valence-electron chi connectivity index (χ2n) is 6.42. The smallest absolute Gasteiger partial charge is 0.251 e. The summed E-state index contributed by atoms with van der Waals surface area (Å²) in [5.41, 5.74) is 6.98. The van der Waals surface area contributed by atoms with Gasteiger partial charge in [-0.05, 0) is 64.1 Å². The number of nitrogens with two attached hydrogens (primary N) is 1. The highest BCUT2D eigenvalue weighted by atomic mass is 16.1. The van der Waals surface area contributed by atoms with Crippen LogP contribution in [-0.4, -0.2) is 62.5 Å². The van der Waals surface area contributed by atoms with Crippen LogP contribution in [0.4, 0.5) is 5.69 Å². The monoisotopic (exact) mass is 304 g/mol. The maximum Gasteiger partial charge on any atom is 0.251 e. The number of likely N-dealkylation sites (tertiary alicyclic amines) is 1. The van der Waals surface area contributed by atoms with Gasteiger partial charge in [0.2, 0.25) is 0 Å². The van der Waals surface area contributed by atoms with Crippen molar-refractivity contribution in [3.8, 4) is 0 Å². The van der Waals surface area contributed by atoms with E-state index >= 15 is 0 Å². The number of hydrogen-bond acceptors (Lipinski definition) is 4. The average Bonchev–Trinajstić information content (AvgIpc) is 2.51. The van der Waals surface area contributed by atoms with Gasteiger partial charge in [0.05, 0.1) is 0 Å². The van der Waals surface area contributed by atoms with Crippen molar-refractivity contribution in [2.75, 3.05) is 52.6 Å². The summed E-state index contributed by atoms with van der Waals surface area (Å²) >= 11 is 0. The third-order valence-corrected chi connectivity index (χ3v) is 4.27. The Bertz CT molecular complexity index is 481. The molecule has 0 aliphatic carbocycles. The van der Waals surface area contributed by atoms with Crippen molar-refractivity contribution in [2.24, 2.45) is 5.92 Å². The largest absolute Gasteiger partial charge is 0.399 e. The first-order valence-corrected chi connectivity index (χ1v) is 8.05. The predicted molar refractivity (Wildman–Crippen MR) is 90.9 cm³/mol. The molecule has 0 atom stereocenters. The third-order valence-electron chi connectivity index (χ3n) is 4.27. The summed E-state index contributed by atoms with van der Waals surface area (Å²) < 4.78 is 0. The van der Waals surface area contributed by atoms with Gasteiger partial charge in [-0.1, -0.05) is 6.07 Å². The normalized spacial score (nSPS) is 16.9. The number of hydrogen-bond donors (Lipinski definition) is 2. The summed E-state index contributed by atoms with van der Waals surface area (Å²) in [7, 11) is 4.22. The minimum Gasteiger partial charge on any atom is -0.399 e. The van der Waals surface area contributed by atoms with E-state index in [9.17, 15) is 4.79 Å². The minimum atomic E-state index is -0.0256. The first kappa shape index (κ1) is 16.8. The number of anilines is 1. The third kappa shape index (κ3) is 5.31. The zero-order valence-electron chi connectivity index (χ0n) is 13.7. The molecule has 1 fully saturated rings. The fourth-order valence-electron chi connectivity index (χ4n) is 2.77. The van der Waals surface area contributed by atoms with Gasteiger partial charge in [-0.15, -0.1) is 0 Å². The number of nitrogens with zero attached hydrogens (tertiary/aromatic N) is 2. The fraction of sp³-hybridized carbons (Fsp3) is 0.588. The van der Waals surface area contributed by atoms with Crippen LogP contribution in [0.1, 0.15) is 23.2 Å². The molecule has 0 saturated carbocycles. The number of amides is 1.